The first-order valence-corrected chi connectivity index (χ1v) is 7.56. The minimum atomic E-state index is 0.300. The number of thioether (sulfide) groups is 1. The third-order valence-electron chi connectivity index (χ3n) is 3.69. The van der Waals surface area contributed by atoms with Crippen LogP contribution < -0.4 is 4.90 Å². The van der Waals surface area contributed by atoms with Crippen molar-refractivity contribution in [1.29, 1.82) is 5.26 Å². The van der Waals surface area contributed by atoms with Gasteiger partial charge in [-0.15, -0.1) is 5.10 Å². The van der Waals surface area contributed by atoms with E-state index in [-0.39, 0.29) is 0 Å². The van der Waals surface area contributed by atoms with Crippen molar-refractivity contribution in [2.45, 2.75) is 38.9 Å². The quantitative estimate of drug-likeness (QED) is 0.789. The minimum Gasteiger partial charge on any atom is -0.353 e. The van der Waals surface area contributed by atoms with Gasteiger partial charge in [-0.25, -0.2) is 0 Å². The first-order valence-electron chi connectivity index (χ1n) is 6.57. The zero-order valence-electron chi connectivity index (χ0n) is 12.0. The second kappa shape index (κ2) is 5.38. The van der Waals surface area contributed by atoms with Crippen molar-refractivity contribution in [3.8, 4) is 6.07 Å². The first-order chi connectivity index (χ1) is 8.94. The molecule has 2 heterocycles. The molecule has 0 N–H and O–H groups in total. The van der Waals surface area contributed by atoms with Crippen LogP contribution in [0.25, 0.3) is 0 Å². The fourth-order valence-corrected chi connectivity index (χ4v) is 3.28. The Bertz CT molecular complexity index is 519. The normalized spacial score (nSPS) is 18.8. The van der Waals surface area contributed by atoms with Crippen LogP contribution >= 0.6 is 11.8 Å². The van der Waals surface area contributed by atoms with Gasteiger partial charge in [-0.05, 0) is 25.8 Å². The van der Waals surface area contributed by atoms with Crippen LogP contribution in [0.4, 0.5) is 5.82 Å². The third-order valence-corrected chi connectivity index (χ3v) is 5.06. The summed E-state index contributed by atoms with van der Waals surface area (Å²) in [5.74, 6) is 1.82. The number of aromatic nitrogens is 2. The van der Waals surface area contributed by atoms with E-state index in [0.29, 0.717) is 10.3 Å². The SMILES string of the molecule is Cc1nnc(N2CCSC(C)(C)CC2)c(C#N)c1C. The van der Waals surface area contributed by atoms with E-state index in [1.807, 2.05) is 25.6 Å². The van der Waals surface area contributed by atoms with Crippen LogP contribution in [-0.2, 0) is 0 Å². The Balaban J connectivity index is 2.32. The maximum Gasteiger partial charge on any atom is 0.169 e. The highest BCUT2D eigenvalue weighted by Gasteiger charge is 2.26. The number of anilines is 1. The molecule has 0 aromatic carbocycles. The third kappa shape index (κ3) is 3.01. The molecule has 1 fully saturated rings. The Kier molecular flexibility index (Phi) is 4.00. The molecule has 0 radical (unpaired) electrons. The summed E-state index contributed by atoms with van der Waals surface area (Å²) < 4.78 is 0.300. The average molecular weight is 276 g/mol. The minimum absolute atomic E-state index is 0.300. The van der Waals surface area contributed by atoms with Gasteiger partial charge in [-0.3, -0.25) is 0 Å². The maximum absolute atomic E-state index is 9.38. The van der Waals surface area contributed by atoms with Crippen LogP contribution in [0.15, 0.2) is 0 Å². The Hall–Kier alpha value is -1.28. The number of nitriles is 1. The van der Waals surface area contributed by atoms with Crippen LogP contribution in [0.5, 0.6) is 0 Å². The van der Waals surface area contributed by atoms with E-state index in [4.69, 9.17) is 0 Å². The Labute approximate surface area is 119 Å². The van der Waals surface area contributed by atoms with E-state index in [0.717, 1.165) is 42.3 Å². The van der Waals surface area contributed by atoms with Crippen molar-refractivity contribution in [2.24, 2.45) is 0 Å². The van der Waals surface area contributed by atoms with E-state index in [1.54, 1.807) is 0 Å². The number of aryl methyl sites for hydroxylation is 1. The second-order valence-corrected chi connectivity index (χ2v) is 7.37. The Morgan fingerprint density at radius 3 is 2.68 bits per heavy atom. The summed E-state index contributed by atoms with van der Waals surface area (Å²) >= 11 is 1.99. The highest BCUT2D eigenvalue weighted by atomic mass is 32.2. The largest absolute Gasteiger partial charge is 0.353 e. The van der Waals surface area contributed by atoms with Gasteiger partial charge in [0.1, 0.15) is 11.6 Å². The van der Waals surface area contributed by atoms with Gasteiger partial charge in [-0.1, -0.05) is 13.8 Å². The van der Waals surface area contributed by atoms with Crippen molar-refractivity contribution in [2.75, 3.05) is 23.7 Å². The van der Waals surface area contributed by atoms with Gasteiger partial charge in [0.05, 0.1) is 5.69 Å². The lowest BCUT2D eigenvalue weighted by Crippen LogP contribution is -2.29. The molecule has 1 aliphatic heterocycles. The molecule has 102 valence electrons. The molecular formula is C14H20N4S. The van der Waals surface area contributed by atoms with E-state index < -0.39 is 0 Å². The summed E-state index contributed by atoms with van der Waals surface area (Å²) in [6.45, 7) is 10.3. The molecule has 0 spiro atoms. The highest BCUT2D eigenvalue weighted by molar-refractivity contribution is 8.00. The molecule has 0 atom stereocenters. The Morgan fingerprint density at radius 1 is 1.26 bits per heavy atom. The standard InChI is InChI=1S/C14H20N4S/c1-10-11(2)16-17-13(12(10)9-15)18-6-5-14(3,4)19-8-7-18/h5-8H2,1-4H3. The van der Waals surface area contributed by atoms with Gasteiger partial charge in [-0.2, -0.15) is 22.1 Å². The van der Waals surface area contributed by atoms with Crippen molar-refractivity contribution >= 4 is 17.6 Å². The highest BCUT2D eigenvalue weighted by Crippen LogP contribution is 2.32. The monoisotopic (exact) mass is 276 g/mol. The van der Waals surface area contributed by atoms with Crippen LogP contribution in [-0.4, -0.2) is 33.8 Å². The van der Waals surface area contributed by atoms with Crippen molar-refractivity contribution < 1.29 is 0 Å². The van der Waals surface area contributed by atoms with Gasteiger partial charge in [0.25, 0.3) is 0 Å². The summed E-state index contributed by atoms with van der Waals surface area (Å²) in [6.07, 6.45) is 1.09. The van der Waals surface area contributed by atoms with Gasteiger partial charge >= 0.3 is 0 Å². The van der Waals surface area contributed by atoms with E-state index in [2.05, 4.69) is 35.0 Å². The summed E-state index contributed by atoms with van der Waals surface area (Å²) in [5, 5.41) is 17.8. The molecule has 2 rings (SSSR count). The lowest BCUT2D eigenvalue weighted by atomic mass is 10.1. The van der Waals surface area contributed by atoms with Crippen LogP contribution in [0.3, 0.4) is 0 Å². The maximum atomic E-state index is 9.38. The molecule has 0 amide bonds. The van der Waals surface area contributed by atoms with E-state index in [9.17, 15) is 5.26 Å². The molecule has 0 aliphatic carbocycles. The van der Waals surface area contributed by atoms with E-state index >= 15 is 0 Å². The zero-order valence-corrected chi connectivity index (χ0v) is 12.8. The molecular weight excluding hydrogens is 256 g/mol. The van der Waals surface area contributed by atoms with Crippen molar-refractivity contribution in [3.05, 3.63) is 16.8 Å². The summed E-state index contributed by atoms with van der Waals surface area (Å²) in [5.41, 5.74) is 2.46. The second-order valence-electron chi connectivity index (χ2n) is 5.57. The first kappa shape index (κ1) is 14.1. The van der Waals surface area contributed by atoms with Gasteiger partial charge in [0.15, 0.2) is 5.82 Å². The topological polar surface area (TPSA) is 52.8 Å². The molecule has 0 saturated carbocycles. The molecule has 19 heavy (non-hydrogen) atoms. The molecule has 1 saturated heterocycles. The molecule has 1 aromatic rings. The number of hydrogen-bond acceptors (Lipinski definition) is 5. The number of rotatable bonds is 1. The fraction of sp³-hybridized carbons (Fsp3) is 0.643. The molecule has 4 nitrogen and oxygen atoms in total. The van der Waals surface area contributed by atoms with Gasteiger partial charge < -0.3 is 4.90 Å². The van der Waals surface area contributed by atoms with E-state index in [1.165, 1.54) is 0 Å². The average Bonchev–Trinajstić information content (AvgIpc) is 2.53. The molecule has 1 aromatic heterocycles. The van der Waals surface area contributed by atoms with Crippen molar-refractivity contribution in [1.82, 2.24) is 10.2 Å². The predicted octanol–water partition coefficient (Wildman–Crippen LogP) is 2.69. The van der Waals surface area contributed by atoms with Gasteiger partial charge in [0, 0.05) is 23.6 Å². The zero-order chi connectivity index (χ0) is 14.0. The van der Waals surface area contributed by atoms with Gasteiger partial charge in [0.2, 0.25) is 0 Å². The van der Waals surface area contributed by atoms with Crippen LogP contribution in [0.2, 0.25) is 0 Å². The van der Waals surface area contributed by atoms with Crippen LogP contribution in [0, 0.1) is 25.2 Å². The van der Waals surface area contributed by atoms with Crippen molar-refractivity contribution in [3.63, 3.8) is 0 Å². The predicted molar refractivity (Wildman–Crippen MR) is 79.6 cm³/mol. The number of nitrogens with zero attached hydrogens (tertiary/aromatic N) is 4. The molecule has 0 unspecified atom stereocenters. The van der Waals surface area contributed by atoms with Crippen LogP contribution in [0.1, 0.15) is 37.1 Å². The molecule has 0 bridgehead atoms. The Morgan fingerprint density at radius 2 is 2.00 bits per heavy atom. The summed E-state index contributed by atoms with van der Waals surface area (Å²) in [4.78, 5) is 2.21. The smallest absolute Gasteiger partial charge is 0.169 e. The fourth-order valence-electron chi connectivity index (χ4n) is 2.18. The summed E-state index contributed by atoms with van der Waals surface area (Å²) in [7, 11) is 0. The number of hydrogen-bond donors (Lipinski definition) is 0. The molecule has 1 aliphatic rings. The molecule has 5 heteroatoms. The lowest BCUT2D eigenvalue weighted by Gasteiger charge is -2.24. The lowest BCUT2D eigenvalue weighted by molar-refractivity contribution is 0.632. The summed E-state index contributed by atoms with van der Waals surface area (Å²) in [6, 6.07) is 2.29.